The number of aliphatic hydroxyl groups is 1. The lowest BCUT2D eigenvalue weighted by Crippen LogP contribution is -2.28. The summed E-state index contributed by atoms with van der Waals surface area (Å²) in [6.07, 6.45) is 7.44. The molecule has 0 bridgehead atoms. The second kappa shape index (κ2) is 6.64. The average Bonchev–Trinajstić information content (AvgIpc) is 3.36. The van der Waals surface area contributed by atoms with E-state index >= 15 is 0 Å². The van der Waals surface area contributed by atoms with Crippen LogP contribution in [0.2, 0.25) is 0 Å². The predicted octanol–water partition coefficient (Wildman–Crippen LogP) is 3.16. The van der Waals surface area contributed by atoms with Crippen LogP contribution in [-0.4, -0.2) is 29.6 Å². The number of benzene rings is 1. The first kappa shape index (κ1) is 14.6. The summed E-state index contributed by atoms with van der Waals surface area (Å²) in [6.45, 7) is 3.10. The summed E-state index contributed by atoms with van der Waals surface area (Å²) in [4.78, 5) is 2.43. The molecule has 1 saturated heterocycles. The molecule has 1 aromatic rings. The number of nitrogens with zero attached hydrogens (tertiary/aromatic N) is 1. The zero-order chi connectivity index (χ0) is 14.5. The molecule has 112 valence electrons. The fraction of sp³-hybridized carbons (Fsp3) is 0.579. The molecule has 2 aliphatic rings. The Labute approximate surface area is 128 Å². The van der Waals surface area contributed by atoms with E-state index < -0.39 is 5.60 Å². The third kappa shape index (κ3) is 3.67. The molecule has 1 N–H and O–H groups in total. The number of rotatable bonds is 3. The van der Waals surface area contributed by atoms with E-state index in [0.717, 1.165) is 38.0 Å². The Morgan fingerprint density at radius 1 is 1.05 bits per heavy atom. The van der Waals surface area contributed by atoms with Crippen LogP contribution in [0.25, 0.3) is 0 Å². The first-order valence-corrected chi connectivity index (χ1v) is 8.29. The third-order valence-corrected chi connectivity index (χ3v) is 4.66. The molecule has 0 spiro atoms. The lowest BCUT2D eigenvalue weighted by atomic mass is 9.89. The average molecular weight is 283 g/mol. The van der Waals surface area contributed by atoms with Gasteiger partial charge in [-0.15, -0.1) is 0 Å². The topological polar surface area (TPSA) is 23.5 Å². The molecule has 1 aliphatic carbocycles. The summed E-state index contributed by atoms with van der Waals surface area (Å²) in [6, 6.07) is 9.96. The molecule has 3 rings (SSSR count). The second-order valence-electron chi connectivity index (χ2n) is 6.40. The lowest BCUT2D eigenvalue weighted by Gasteiger charge is -2.23. The standard InChI is InChI=1S/C19H25NO/c21-19(18-11-12-18,17-9-4-3-5-10-17)13-8-16-20-14-6-1-2-7-15-20/h3-5,9-10,18,21H,1-2,6-7,11-12,14-16H2/t19-/m0/s1. The lowest BCUT2D eigenvalue weighted by molar-refractivity contribution is 0.0755. The maximum absolute atomic E-state index is 11.0. The fourth-order valence-electron chi connectivity index (χ4n) is 3.18. The maximum Gasteiger partial charge on any atom is 0.153 e. The SMILES string of the molecule is O[C@@](C#CCN1CCCCCC1)(c1ccccc1)C1CC1. The van der Waals surface area contributed by atoms with Gasteiger partial charge in [-0.2, -0.15) is 0 Å². The minimum absolute atomic E-state index is 0.316. The molecule has 0 radical (unpaired) electrons. The Morgan fingerprint density at radius 3 is 2.33 bits per heavy atom. The molecule has 0 unspecified atom stereocenters. The van der Waals surface area contributed by atoms with Gasteiger partial charge >= 0.3 is 0 Å². The molecule has 1 aromatic carbocycles. The van der Waals surface area contributed by atoms with Crippen LogP contribution in [0, 0.1) is 17.8 Å². The maximum atomic E-state index is 11.0. The number of hydrogen-bond donors (Lipinski definition) is 1. The van der Waals surface area contributed by atoms with Crippen molar-refractivity contribution in [3.05, 3.63) is 35.9 Å². The van der Waals surface area contributed by atoms with Crippen molar-refractivity contribution < 1.29 is 5.11 Å². The van der Waals surface area contributed by atoms with Crippen molar-refractivity contribution in [3.8, 4) is 11.8 Å². The molecule has 1 heterocycles. The molecular formula is C19H25NO. The third-order valence-electron chi connectivity index (χ3n) is 4.66. The van der Waals surface area contributed by atoms with E-state index in [2.05, 4.69) is 16.7 Å². The highest BCUT2D eigenvalue weighted by atomic mass is 16.3. The van der Waals surface area contributed by atoms with Gasteiger partial charge in [0.2, 0.25) is 0 Å². The summed E-state index contributed by atoms with van der Waals surface area (Å²) in [7, 11) is 0. The van der Waals surface area contributed by atoms with Gasteiger partial charge in [0, 0.05) is 5.92 Å². The smallest absolute Gasteiger partial charge is 0.153 e. The molecule has 1 atom stereocenters. The Bertz CT molecular complexity index is 503. The van der Waals surface area contributed by atoms with E-state index in [1.165, 1.54) is 25.7 Å². The van der Waals surface area contributed by atoms with E-state index in [-0.39, 0.29) is 0 Å². The largest absolute Gasteiger partial charge is 0.373 e. The van der Waals surface area contributed by atoms with Gasteiger partial charge in [-0.3, -0.25) is 4.90 Å². The molecule has 2 fully saturated rings. The van der Waals surface area contributed by atoms with Gasteiger partial charge < -0.3 is 5.11 Å². The van der Waals surface area contributed by atoms with Gasteiger partial charge in [-0.1, -0.05) is 55.0 Å². The van der Waals surface area contributed by atoms with Crippen LogP contribution >= 0.6 is 0 Å². The normalized spacial score (nSPS) is 22.7. The first-order valence-electron chi connectivity index (χ1n) is 8.29. The van der Waals surface area contributed by atoms with E-state index in [0.29, 0.717) is 5.92 Å². The zero-order valence-electron chi connectivity index (χ0n) is 12.7. The molecule has 1 aliphatic heterocycles. The van der Waals surface area contributed by atoms with E-state index in [4.69, 9.17) is 0 Å². The zero-order valence-corrected chi connectivity index (χ0v) is 12.7. The monoisotopic (exact) mass is 283 g/mol. The summed E-state index contributed by atoms with van der Waals surface area (Å²) < 4.78 is 0. The van der Waals surface area contributed by atoms with E-state index in [1.54, 1.807) is 0 Å². The van der Waals surface area contributed by atoms with Crippen LogP contribution in [0.15, 0.2) is 30.3 Å². The van der Waals surface area contributed by atoms with Gasteiger partial charge in [-0.25, -0.2) is 0 Å². The van der Waals surface area contributed by atoms with Crippen molar-refractivity contribution in [1.29, 1.82) is 0 Å². The Hall–Kier alpha value is -1.30. The summed E-state index contributed by atoms with van der Waals surface area (Å²) >= 11 is 0. The fourth-order valence-corrected chi connectivity index (χ4v) is 3.18. The minimum Gasteiger partial charge on any atom is -0.373 e. The molecular weight excluding hydrogens is 258 g/mol. The van der Waals surface area contributed by atoms with E-state index in [1.807, 2.05) is 30.3 Å². The number of likely N-dealkylation sites (tertiary alicyclic amines) is 1. The molecule has 1 saturated carbocycles. The first-order chi connectivity index (χ1) is 10.3. The molecule has 2 nitrogen and oxygen atoms in total. The van der Waals surface area contributed by atoms with Gasteiger partial charge in [-0.05, 0) is 44.3 Å². The van der Waals surface area contributed by atoms with Crippen LogP contribution in [0.3, 0.4) is 0 Å². The van der Waals surface area contributed by atoms with Crippen molar-refractivity contribution >= 4 is 0 Å². The van der Waals surface area contributed by atoms with Crippen molar-refractivity contribution in [1.82, 2.24) is 4.90 Å². The van der Waals surface area contributed by atoms with Crippen LogP contribution in [0.5, 0.6) is 0 Å². The van der Waals surface area contributed by atoms with Gasteiger partial charge in [0.15, 0.2) is 5.60 Å². The predicted molar refractivity (Wildman–Crippen MR) is 85.7 cm³/mol. The Morgan fingerprint density at radius 2 is 1.71 bits per heavy atom. The Balaban J connectivity index is 1.70. The van der Waals surface area contributed by atoms with Crippen molar-refractivity contribution in [2.75, 3.05) is 19.6 Å². The second-order valence-corrected chi connectivity index (χ2v) is 6.40. The van der Waals surface area contributed by atoms with Crippen LogP contribution in [0.4, 0.5) is 0 Å². The van der Waals surface area contributed by atoms with E-state index in [9.17, 15) is 5.11 Å². The van der Waals surface area contributed by atoms with Crippen molar-refractivity contribution in [3.63, 3.8) is 0 Å². The molecule has 2 heteroatoms. The highest BCUT2D eigenvalue weighted by Gasteiger charge is 2.43. The quantitative estimate of drug-likeness (QED) is 0.861. The van der Waals surface area contributed by atoms with Crippen molar-refractivity contribution in [2.45, 2.75) is 44.1 Å². The van der Waals surface area contributed by atoms with Crippen molar-refractivity contribution in [2.24, 2.45) is 5.92 Å². The van der Waals surface area contributed by atoms with Crippen LogP contribution < -0.4 is 0 Å². The van der Waals surface area contributed by atoms with Crippen LogP contribution in [0.1, 0.15) is 44.1 Å². The summed E-state index contributed by atoms with van der Waals surface area (Å²) in [5.74, 6) is 6.79. The highest BCUT2D eigenvalue weighted by Crippen LogP contribution is 2.45. The summed E-state index contributed by atoms with van der Waals surface area (Å²) in [5.41, 5.74) is 0.0171. The summed E-state index contributed by atoms with van der Waals surface area (Å²) in [5, 5.41) is 11.0. The van der Waals surface area contributed by atoms with Gasteiger partial charge in [0.25, 0.3) is 0 Å². The van der Waals surface area contributed by atoms with Crippen LogP contribution in [-0.2, 0) is 5.60 Å². The highest BCUT2D eigenvalue weighted by molar-refractivity contribution is 5.34. The number of hydrogen-bond acceptors (Lipinski definition) is 2. The Kier molecular flexibility index (Phi) is 4.63. The minimum atomic E-state index is -0.937. The van der Waals surface area contributed by atoms with Gasteiger partial charge in [0.05, 0.1) is 6.54 Å². The van der Waals surface area contributed by atoms with Gasteiger partial charge in [0.1, 0.15) is 0 Å². The molecule has 0 aromatic heterocycles. The molecule has 0 amide bonds. The molecule has 21 heavy (non-hydrogen) atoms.